The van der Waals surface area contributed by atoms with E-state index >= 15 is 0 Å². The van der Waals surface area contributed by atoms with Crippen molar-refractivity contribution in [3.63, 3.8) is 0 Å². The van der Waals surface area contributed by atoms with Crippen molar-refractivity contribution in [2.75, 3.05) is 13.2 Å². The largest absolute Gasteiger partial charge is 0.378 e. The molecule has 2 aliphatic carbocycles. The van der Waals surface area contributed by atoms with Gasteiger partial charge in [-0.05, 0) is 42.5 Å². The molecular formula is C23H25NO3. The van der Waals surface area contributed by atoms with Crippen LogP contribution in [-0.2, 0) is 4.74 Å². The van der Waals surface area contributed by atoms with E-state index in [-0.39, 0.29) is 11.7 Å². The lowest BCUT2D eigenvalue weighted by molar-refractivity contribution is 0.0273. The maximum Gasteiger partial charge on any atom is 0.251 e. The topological polar surface area (TPSA) is 55.4 Å². The molecule has 0 radical (unpaired) electrons. The fraction of sp³-hybridized carbons (Fsp3) is 0.391. The molecule has 0 unspecified atom stereocenters. The number of ketones is 1. The van der Waals surface area contributed by atoms with Gasteiger partial charge in [-0.3, -0.25) is 9.59 Å². The minimum Gasteiger partial charge on any atom is -0.378 e. The minimum absolute atomic E-state index is 0.00358. The van der Waals surface area contributed by atoms with E-state index in [2.05, 4.69) is 5.32 Å². The smallest absolute Gasteiger partial charge is 0.251 e. The van der Waals surface area contributed by atoms with E-state index in [1.54, 1.807) is 12.1 Å². The predicted octanol–water partition coefficient (Wildman–Crippen LogP) is 4.37. The van der Waals surface area contributed by atoms with Crippen LogP contribution in [0.1, 0.15) is 64.8 Å². The number of amides is 1. The molecule has 1 N–H and O–H groups in total. The van der Waals surface area contributed by atoms with Crippen LogP contribution in [0.5, 0.6) is 0 Å². The first kappa shape index (κ1) is 17.9. The zero-order chi connectivity index (χ0) is 18.6. The molecule has 2 aromatic rings. The van der Waals surface area contributed by atoms with Crippen LogP contribution < -0.4 is 5.32 Å². The third-order valence-electron chi connectivity index (χ3n) is 5.50. The van der Waals surface area contributed by atoms with E-state index < -0.39 is 0 Å². The van der Waals surface area contributed by atoms with E-state index in [9.17, 15) is 9.59 Å². The lowest BCUT2D eigenvalue weighted by Crippen LogP contribution is -2.26. The second-order valence-electron chi connectivity index (χ2n) is 7.38. The average molecular weight is 363 g/mol. The Balaban J connectivity index is 1.30. The molecule has 0 spiro atoms. The zero-order valence-corrected chi connectivity index (χ0v) is 15.5. The fourth-order valence-electron chi connectivity index (χ4n) is 4.03. The van der Waals surface area contributed by atoms with Crippen molar-refractivity contribution in [3.8, 4) is 11.1 Å². The van der Waals surface area contributed by atoms with Crippen LogP contribution in [0.2, 0.25) is 0 Å². The summed E-state index contributed by atoms with van der Waals surface area (Å²) in [4.78, 5) is 25.0. The molecule has 0 saturated heterocycles. The Morgan fingerprint density at radius 3 is 2.52 bits per heavy atom. The van der Waals surface area contributed by atoms with Crippen LogP contribution >= 0.6 is 0 Å². The Morgan fingerprint density at radius 1 is 0.963 bits per heavy atom. The summed E-state index contributed by atoms with van der Waals surface area (Å²) >= 11 is 0. The van der Waals surface area contributed by atoms with Gasteiger partial charge in [0.1, 0.15) is 0 Å². The summed E-state index contributed by atoms with van der Waals surface area (Å²) in [5, 5.41) is 2.93. The van der Waals surface area contributed by atoms with Crippen LogP contribution in [0.15, 0.2) is 42.5 Å². The van der Waals surface area contributed by atoms with E-state index in [1.165, 1.54) is 19.3 Å². The molecule has 0 aliphatic heterocycles. The Labute approximate surface area is 159 Å². The predicted molar refractivity (Wildman–Crippen MR) is 105 cm³/mol. The maximum atomic E-state index is 12.6. The Bertz CT molecular complexity index is 852. The number of hydrogen-bond donors (Lipinski definition) is 1. The van der Waals surface area contributed by atoms with Gasteiger partial charge in [0.05, 0.1) is 6.10 Å². The van der Waals surface area contributed by atoms with Crippen LogP contribution in [0.25, 0.3) is 11.1 Å². The van der Waals surface area contributed by atoms with Gasteiger partial charge in [0.25, 0.3) is 5.91 Å². The number of hydrogen-bond acceptors (Lipinski definition) is 3. The summed E-state index contributed by atoms with van der Waals surface area (Å²) in [5.41, 5.74) is 3.72. The molecule has 0 atom stereocenters. The first-order valence-electron chi connectivity index (χ1n) is 9.92. The first-order chi connectivity index (χ1) is 13.2. The molecule has 2 aliphatic rings. The van der Waals surface area contributed by atoms with Gasteiger partial charge in [-0.2, -0.15) is 0 Å². The third kappa shape index (κ3) is 3.81. The Hall–Kier alpha value is -2.46. The molecule has 0 bridgehead atoms. The number of carbonyl (C=O) groups is 2. The number of fused-ring (bicyclic) bond motifs is 3. The van der Waals surface area contributed by atoms with E-state index in [4.69, 9.17) is 4.74 Å². The number of rotatable bonds is 6. The lowest BCUT2D eigenvalue weighted by Gasteiger charge is -2.21. The second-order valence-corrected chi connectivity index (χ2v) is 7.38. The van der Waals surface area contributed by atoms with Gasteiger partial charge in [0, 0.05) is 29.8 Å². The summed E-state index contributed by atoms with van der Waals surface area (Å²) in [6.07, 6.45) is 7.39. The lowest BCUT2D eigenvalue weighted by atomic mass is 9.98. The van der Waals surface area contributed by atoms with Crippen LogP contribution in [0.3, 0.4) is 0 Å². The molecule has 1 saturated carbocycles. The van der Waals surface area contributed by atoms with Gasteiger partial charge in [-0.25, -0.2) is 0 Å². The van der Waals surface area contributed by atoms with Gasteiger partial charge >= 0.3 is 0 Å². The molecule has 1 amide bonds. The highest BCUT2D eigenvalue weighted by molar-refractivity contribution is 6.22. The molecule has 4 heteroatoms. The second kappa shape index (κ2) is 8.05. The maximum absolute atomic E-state index is 12.6. The molecule has 0 heterocycles. The van der Waals surface area contributed by atoms with E-state index in [0.717, 1.165) is 30.4 Å². The summed E-state index contributed by atoms with van der Waals surface area (Å²) in [5.74, 6) is -0.143. The molecule has 27 heavy (non-hydrogen) atoms. The van der Waals surface area contributed by atoms with E-state index in [0.29, 0.717) is 35.9 Å². The van der Waals surface area contributed by atoms with Gasteiger partial charge in [-0.15, -0.1) is 0 Å². The van der Waals surface area contributed by atoms with Crippen LogP contribution in [0.4, 0.5) is 0 Å². The minimum atomic E-state index is -0.140. The summed E-state index contributed by atoms with van der Waals surface area (Å²) in [6.45, 7) is 1.26. The highest BCUT2D eigenvalue weighted by atomic mass is 16.5. The molecule has 4 nitrogen and oxygen atoms in total. The quantitative estimate of drug-likeness (QED) is 0.662. The Morgan fingerprint density at radius 2 is 1.70 bits per heavy atom. The third-order valence-corrected chi connectivity index (χ3v) is 5.50. The van der Waals surface area contributed by atoms with Gasteiger partial charge in [0.2, 0.25) is 0 Å². The fourth-order valence-corrected chi connectivity index (χ4v) is 4.03. The molecule has 2 aromatic carbocycles. The van der Waals surface area contributed by atoms with Gasteiger partial charge < -0.3 is 10.1 Å². The number of ether oxygens (including phenoxy) is 1. The first-order valence-corrected chi connectivity index (χ1v) is 9.92. The molecule has 4 rings (SSSR count). The summed E-state index contributed by atoms with van der Waals surface area (Å²) in [6, 6.07) is 13.0. The molecule has 0 aromatic heterocycles. The normalized spacial score (nSPS) is 16.1. The number of benzene rings is 2. The number of nitrogens with one attached hydrogen (secondary N) is 1. The zero-order valence-electron chi connectivity index (χ0n) is 15.5. The van der Waals surface area contributed by atoms with Crippen molar-refractivity contribution < 1.29 is 14.3 Å². The highest BCUT2D eigenvalue weighted by Crippen LogP contribution is 2.36. The summed E-state index contributed by atoms with van der Waals surface area (Å²) in [7, 11) is 0. The molecule has 140 valence electrons. The van der Waals surface area contributed by atoms with Crippen molar-refractivity contribution in [1.82, 2.24) is 5.32 Å². The van der Waals surface area contributed by atoms with Crippen molar-refractivity contribution >= 4 is 11.7 Å². The average Bonchev–Trinajstić information content (AvgIpc) is 3.00. The standard InChI is InChI=1S/C23H25NO3/c25-22-20-10-5-4-9-18(20)19-12-11-16(15-21(19)22)23(26)24-13-6-14-27-17-7-2-1-3-8-17/h4-5,9-12,15,17H,1-3,6-8,13-14H2,(H,24,26). The monoisotopic (exact) mass is 363 g/mol. The highest BCUT2D eigenvalue weighted by Gasteiger charge is 2.26. The van der Waals surface area contributed by atoms with Crippen LogP contribution in [0, 0.1) is 0 Å². The summed E-state index contributed by atoms with van der Waals surface area (Å²) < 4.78 is 5.88. The van der Waals surface area contributed by atoms with Gasteiger partial charge in [0.15, 0.2) is 5.78 Å². The molecule has 1 fully saturated rings. The SMILES string of the molecule is O=C(NCCCOC1CCCCC1)c1ccc2c(c1)C(=O)c1ccccc1-2. The van der Waals surface area contributed by atoms with Crippen molar-refractivity contribution in [1.29, 1.82) is 0 Å². The van der Waals surface area contributed by atoms with E-state index in [1.807, 2.05) is 30.3 Å². The van der Waals surface area contributed by atoms with Crippen molar-refractivity contribution in [2.24, 2.45) is 0 Å². The number of carbonyl (C=O) groups excluding carboxylic acids is 2. The Kier molecular flexibility index (Phi) is 5.35. The van der Waals surface area contributed by atoms with Crippen molar-refractivity contribution in [2.45, 2.75) is 44.6 Å². The van der Waals surface area contributed by atoms with Gasteiger partial charge in [-0.1, -0.05) is 49.6 Å². The van der Waals surface area contributed by atoms with Crippen LogP contribution in [-0.4, -0.2) is 30.9 Å². The molecular weight excluding hydrogens is 338 g/mol. The van der Waals surface area contributed by atoms with Crippen molar-refractivity contribution in [3.05, 3.63) is 59.2 Å².